The molecule has 1 aromatic carbocycles. The van der Waals surface area contributed by atoms with Crippen molar-refractivity contribution in [1.82, 2.24) is 29.3 Å². The van der Waals surface area contributed by atoms with E-state index in [9.17, 15) is 14.0 Å². The van der Waals surface area contributed by atoms with Gasteiger partial charge in [-0.3, -0.25) is 9.48 Å². The molecule has 4 aromatic rings. The molecule has 35 heavy (non-hydrogen) atoms. The van der Waals surface area contributed by atoms with Crippen LogP contribution in [0.5, 0.6) is 0 Å². The highest BCUT2D eigenvalue weighted by Crippen LogP contribution is 2.28. The molecule has 1 aliphatic heterocycles. The second kappa shape index (κ2) is 8.79. The van der Waals surface area contributed by atoms with Gasteiger partial charge in [0.05, 0.1) is 24.0 Å². The number of rotatable bonds is 5. The van der Waals surface area contributed by atoms with Crippen molar-refractivity contribution in [3.05, 3.63) is 77.1 Å². The van der Waals surface area contributed by atoms with Gasteiger partial charge in [-0.2, -0.15) is 10.2 Å². The van der Waals surface area contributed by atoms with Crippen molar-refractivity contribution in [3.63, 3.8) is 0 Å². The zero-order valence-electron chi connectivity index (χ0n) is 19.2. The zero-order valence-corrected chi connectivity index (χ0v) is 19.2. The minimum atomic E-state index is -1.11. The monoisotopic (exact) mass is 474 g/mol. The van der Waals surface area contributed by atoms with Gasteiger partial charge in [-0.25, -0.2) is 18.7 Å². The maximum atomic E-state index is 14.8. The molecule has 3 aromatic heterocycles. The number of fused-ring (bicyclic) bond motifs is 2. The summed E-state index contributed by atoms with van der Waals surface area (Å²) in [6.45, 7) is 5.08. The topological polar surface area (TPSA) is 106 Å². The van der Waals surface area contributed by atoms with E-state index in [0.29, 0.717) is 42.1 Å². The normalized spacial score (nSPS) is 15.6. The average Bonchev–Trinajstić information content (AvgIpc) is 3.49. The fraction of sp³-hybridized carbons (Fsp3) is 0.240. The summed E-state index contributed by atoms with van der Waals surface area (Å²) in [4.78, 5) is 30.5. The van der Waals surface area contributed by atoms with Crippen molar-refractivity contribution < 1.29 is 19.1 Å². The molecule has 178 valence electrons. The van der Waals surface area contributed by atoms with E-state index < -0.39 is 11.8 Å². The number of nitrogens with zero attached hydrogens (tertiary/aromatic N) is 6. The summed E-state index contributed by atoms with van der Waals surface area (Å²) < 4.78 is 18.4. The van der Waals surface area contributed by atoms with Crippen LogP contribution in [0.2, 0.25) is 0 Å². The van der Waals surface area contributed by atoms with Crippen LogP contribution in [-0.4, -0.2) is 52.8 Å². The molecule has 1 N–H and O–H groups in total. The SMILES string of the molecule is CCc1cc(C(=O)N2CCn3nccc3C2C)nc2cc(-c3ccc(/C=C/C(=O)O)cc3F)nn12. The van der Waals surface area contributed by atoms with Gasteiger partial charge in [-0.1, -0.05) is 13.0 Å². The summed E-state index contributed by atoms with van der Waals surface area (Å²) in [5.41, 5.74) is 3.58. The largest absolute Gasteiger partial charge is 0.478 e. The molecule has 4 heterocycles. The Labute approximate surface area is 200 Å². The van der Waals surface area contributed by atoms with Crippen molar-refractivity contribution in [2.45, 2.75) is 32.9 Å². The number of aryl methyl sites for hydroxylation is 1. The van der Waals surface area contributed by atoms with Crippen LogP contribution in [0.1, 0.15) is 47.3 Å². The quantitative estimate of drug-likeness (QED) is 0.443. The van der Waals surface area contributed by atoms with Crippen LogP contribution in [0.25, 0.3) is 23.0 Å². The van der Waals surface area contributed by atoms with E-state index in [1.54, 1.807) is 39.9 Å². The summed E-state index contributed by atoms with van der Waals surface area (Å²) in [5.74, 6) is -1.82. The van der Waals surface area contributed by atoms with Crippen molar-refractivity contribution in [2.24, 2.45) is 0 Å². The number of amides is 1. The molecule has 0 saturated heterocycles. The fourth-order valence-electron chi connectivity index (χ4n) is 4.41. The standard InChI is InChI=1S/C25H23FN6O3/c1-3-17-13-21(25(35)30-10-11-31-22(15(30)2)8-9-27-31)28-23-14-20(29-32(17)23)18-6-4-16(12-19(18)26)5-7-24(33)34/h4-9,12-15H,3,10-11H2,1-2H3,(H,33,34)/b7-5+. The highest BCUT2D eigenvalue weighted by atomic mass is 19.1. The lowest BCUT2D eigenvalue weighted by Gasteiger charge is -2.33. The second-order valence-corrected chi connectivity index (χ2v) is 8.35. The van der Waals surface area contributed by atoms with Gasteiger partial charge < -0.3 is 10.0 Å². The van der Waals surface area contributed by atoms with Gasteiger partial charge in [0.1, 0.15) is 11.5 Å². The summed E-state index contributed by atoms with van der Waals surface area (Å²) in [6, 6.07) is 9.59. The molecule has 1 amide bonds. The van der Waals surface area contributed by atoms with Gasteiger partial charge in [0.2, 0.25) is 0 Å². The number of halogens is 1. The summed E-state index contributed by atoms with van der Waals surface area (Å²) in [5, 5.41) is 17.6. The molecule has 1 unspecified atom stereocenters. The van der Waals surface area contributed by atoms with Crippen LogP contribution < -0.4 is 0 Å². The highest BCUT2D eigenvalue weighted by molar-refractivity contribution is 5.93. The second-order valence-electron chi connectivity index (χ2n) is 8.35. The number of hydrogen-bond acceptors (Lipinski definition) is 5. The molecule has 0 spiro atoms. The first kappa shape index (κ1) is 22.5. The third kappa shape index (κ3) is 4.07. The van der Waals surface area contributed by atoms with Gasteiger partial charge in [0.25, 0.3) is 5.91 Å². The van der Waals surface area contributed by atoms with E-state index in [0.717, 1.165) is 17.5 Å². The van der Waals surface area contributed by atoms with Crippen molar-refractivity contribution in [1.29, 1.82) is 0 Å². The molecule has 9 nitrogen and oxygen atoms in total. The number of carbonyl (C=O) groups excluding carboxylic acids is 1. The summed E-state index contributed by atoms with van der Waals surface area (Å²) in [6.07, 6.45) is 4.61. The molecular weight excluding hydrogens is 451 g/mol. The smallest absolute Gasteiger partial charge is 0.328 e. The Kier molecular flexibility index (Phi) is 5.64. The number of benzene rings is 1. The number of hydrogen-bond donors (Lipinski definition) is 1. The Morgan fingerprint density at radius 2 is 2.03 bits per heavy atom. The summed E-state index contributed by atoms with van der Waals surface area (Å²) in [7, 11) is 0. The van der Waals surface area contributed by atoms with Crippen LogP contribution in [-0.2, 0) is 17.8 Å². The van der Waals surface area contributed by atoms with Crippen LogP contribution in [0.4, 0.5) is 4.39 Å². The molecule has 0 saturated carbocycles. The number of aromatic nitrogens is 5. The molecule has 0 fully saturated rings. The van der Waals surface area contributed by atoms with Crippen molar-refractivity contribution >= 4 is 23.6 Å². The Morgan fingerprint density at radius 1 is 1.20 bits per heavy atom. The average molecular weight is 474 g/mol. The molecule has 5 rings (SSSR count). The molecule has 0 aliphatic carbocycles. The van der Waals surface area contributed by atoms with Gasteiger partial charge in [-0.05, 0) is 49.2 Å². The van der Waals surface area contributed by atoms with Crippen LogP contribution >= 0.6 is 0 Å². The van der Waals surface area contributed by atoms with Gasteiger partial charge in [-0.15, -0.1) is 0 Å². The third-order valence-corrected chi connectivity index (χ3v) is 6.23. The van der Waals surface area contributed by atoms with Gasteiger partial charge in [0, 0.05) is 36.1 Å². The molecule has 0 bridgehead atoms. The van der Waals surface area contributed by atoms with Crippen LogP contribution in [0, 0.1) is 5.82 Å². The minimum absolute atomic E-state index is 0.134. The van der Waals surface area contributed by atoms with E-state index in [2.05, 4.69) is 15.2 Å². The third-order valence-electron chi connectivity index (χ3n) is 6.23. The number of carboxylic acids is 1. The lowest BCUT2D eigenvalue weighted by atomic mass is 10.1. The number of aliphatic carboxylic acids is 1. The number of carbonyl (C=O) groups is 2. The van der Waals surface area contributed by atoms with E-state index in [1.807, 2.05) is 24.6 Å². The Bertz CT molecular complexity index is 1490. The Morgan fingerprint density at radius 3 is 2.77 bits per heavy atom. The summed E-state index contributed by atoms with van der Waals surface area (Å²) >= 11 is 0. The predicted octanol–water partition coefficient (Wildman–Crippen LogP) is 3.61. The van der Waals surface area contributed by atoms with Gasteiger partial charge >= 0.3 is 5.97 Å². The van der Waals surface area contributed by atoms with E-state index >= 15 is 0 Å². The lowest BCUT2D eigenvalue weighted by Crippen LogP contribution is -2.41. The molecule has 10 heteroatoms. The predicted molar refractivity (Wildman–Crippen MR) is 126 cm³/mol. The fourth-order valence-corrected chi connectivity index (χ4v) is 4.41. The van der Waals surface area contributed by atoms with Crippen LogP contribution in [0.15, 0.2) is 48.7 Å². The number of carboxylic acid groups (broad SMARTS) is 1. The maximum absolute atomic E-state index is 14.8. The van der Waals surface area contributed by atoms with E-state index in [4.69, 9.17) is 5.11 Å². The zero-order chi connectivity index (χ0) is 24.7. The van der Waals surface area contributed by atoms with Gasteiger partial charge in [0.15, 0.2) is 5.65 Å². The molecule has 0 radical (unpaired) electrons. The Balaban J connectivity index is 1.50. The van der Waals surface area contributed by atoms with E-state index in [1.165, 1.54) is 12.1 Å². The maximum Gasteiger partial charge on any atom is 0.328 e. The molecular formula is C25H23FN6O3. The highest BCUT2D eigenvalue weighted by Gasteiger charge is 2.30. The molecule has 1 atom stereocenters. The van der Waals surface area contributed by atoms with E-state index in [-0.39, 0.29) is 17.5 Å². The van der Waals surface area contributed by atoms with Crippen LogP contribution in [0.3, 0.4) is 0 Å². The Hall–Kier alpha value is -4.34. The lowest BCUT2D eigenvalue weighted by molar-refractivity contribution is -0.131. The first-order valence-corrected chi connectivity index (χ1v) is 11.3. The first-order chi connectivity index (χ1) is 16.9. The molecule has 1 aliphatic rings. The minimum Gasteiger partial charge on any atom is -0.478 e. The van der Waals surface area contributed by atoms with Crippen molar-refractivity contribution in [2.75, 3.05) is 6.54 Å². The first-order valence-electron chi connectivity index (χ1n) is 11.3. The van der Waals surface area contributed by atoms with Crippen molar-refractivity contribution in [3.8, 4) is 11.3 Å².